The Bertz CT molecular complexity index is 1230. The van der Waals surface area contributed by atoms with Crippen LogP contribution in [0, 0.1) is 0 Å². The molecule has 1 fully saturated rings. The van der Waals surface area contributed by atoms with E-state index in [0.717, 1.165) is 36.5 Å². The molecule has 1 saturated heterocycles. The Morgan fingerprint density at radius 1 is 1.19 bits per heavy atom. The second kappa shape index (κ2) is 7.92. The Kier molecular flexibility index (Phi) is 4.95. The lowest BCUT2D eigenvalue weighted by Gasteiger charge is -2.09. The topological polar surface area (TPSA) is 99.2 Å². The zero-order valence-electron chi connectivity index (χ0n) is 17.4. The molecule has 1 atom stereocenters. The number of pyridine rings is 2. The van der Waals surface area contributed by atoms with Gasteiger partial charge in [0.05, 0.1) is 49.2 Å². The summed E-state index contributed by atoms with van der Waals surface area (Å²) in [6.07, 6.45) is 9.56. The number of methoxy groups -OCH3 is 2. The maximum atomic E-state index is 10.8. The SMILES string of the molecule is COc1cc(-c2ccc3c(O)n(-c4cnn(CC5CCCN5)c4)cc3n2)cnc1OC. The van der Waals surface area contributed by atoms with Crippen LogP contribution in [-0.4, -0.2) is 56.2 Å². The number of hydrogen-bond acceptors (Lipinski definition) is 7. The van der Waals surface area contributed by atoms with Gasteiger partial charge >= 0.3 is 0 Å². The minimum atomic E-state index is 0.137. The standard InChI is InChI=1S/C22H24N6O3/c1-30-20-8-14(9-24-21(20)31-2)18-6-5-17-19(26-18)13-28(22(17)29)16-10-25-27(12-16)11-15-4-3-7-23-15/h5-6,8-10,12-13,15,23,29H,3-4,7,11H2,1-2H3. The highest BCUT2D eigenvalue weighted by Crippen LogP contribution is 2.33. The third-order valence-corrected chi connectivity index (χ3v) is 5.64. The molecule has 4 aromatic heterocycles. The first-order valence-corrected chi connectivity index (χ1v) is 10.2. The second-order valence-electron chi connectivity index (χ2n) is 7.60. The Balaban J connectivity index is 1.47. The van der Waals surface area contributed by atoms with Gasteiger partial charge < -0.3 is 19.9 Å². The quantitative estimate of drug-likeness (QED) is 0.495. The molecule has 1 unspecified atom stereocenters. The first kappa shape index (κ1) is 19.4. The largest absolute Gasteiger partial charge is 0.494 e. The summed E-state index contributed by atoms with van der Waals surface area (Å²) < 4.78 is 14.2. The van der Waals surface area contributed by atoms with Gasteiger partial charge in [-0.15, -0.1) is 0 Å². The number of fused-ring (bicyclic) bond motifs is 1. The molecule has 1 aliphatic rings. The predicted molar refractivity (Wildman–Crippen MR) is 116 cm³/mol. The fourth-order valence-electron chi connectivity index (χ4n) is 4.02. The van der Waals surface area contributed by atoms with Crippen LogP contribution in [0.3, 0.4) is 0 Å². The van der Waals surface area contributed by atoms with E-state index < -0.39 is 0 Å². The van der Waals surface area contributed by atoms with Gasteiger partial charge in [-0.25, -0.2) is 9.97 Å². The first-order chi connectivity index (χ1) is 15.2. The molecule has 5 rings (SSSR count). The molecule has 5 heterocycles. The summed E-state index contributed by atoms with van der Waals surface area (Å²) in [5.41, 5.74) is 2.99. The number of aromatic hydroxyl groups is 1. The van der Waals surface area contributed by atoms with E-state index in [1.165, 1.54) is 6.42 Å². The number of ether oxygens (including phenoxy) is 2. The molecule has 0 aromatic carbocycles. The summed E-state index contributed by atoms with van der Waals surface area (Å²) in [6, 6.07) is 5.99. The van der Waals surface area contributed by atoms with Crippen molar-refractivity contribution in [3.8, 4) is 34.5 Å². The number of aromatic nitrogens is 5. The minimum Gasteiger partial charge on any atom is -0.494 e. The summed E-state index contributed by atoms with van der Waals surface area (Å²) in [6.45, 7) is 1.88. The maximum Gasteiger partial charge on any atom is 0.256 e. The highest BCUT2D eigenvalue weighted by molar-refractivity contribution is 5.87. The molecule has 0 spiro atoms. The summed E-state index contributed by atoms with van der Waals surface area (Å²) in [5, 5.41) is 19.4. The van der Waals surface area contributed by atoms with Gasteiger partial charge in [-0.1, -0.05) is 0 Å². The zero-order chi connectivity index (χ0) is 21.4. The molecule has 0 bridgehead atoms. The molecule has 4 aromatic rings. The molecule has 9 heteroatoms. The van der Waals surface area contributed by atoms with Crippen molar-refractivity contribution in [2.75, 3.05) is 20.8 Å². The first-order valence-electron chi connectivity index (χ1n) is 10.2. The molecular weight excluding hydrogens is 396 g/mol. The molecule has 0 aliphatic carbocycles. The monoisotopic (exact) mass is 420 g/mol. The van der Waals surface area contributed by atoms with E-state index in [9.17, 15) is 5.11 Å². The number of hydrogen-bond donors (Lipinski definition) is 2. The van der Waals surface area contributed by atoms with Crippen LogP contribution >= 0.6 is 0 Å². The highest BCUT2D eigenvalue weighted by Gasteiger charge is 2.17. The number of nitrogens with one attached hydrogen (secondary N) is 1. The van der Waals surface area contributed by atoms with E-state index in [2.05, 4.69) is 15.4 Å². The van der Waals surface area contributed by atoms with Crippen molar-refractivity contribution >= 4 is 10.9 Å². The van der Waals surface area contributed by atoms with Crippen LogP contribution in [-0.2, 0) is 6.54 Å². The van der Waals surface area contributed by atoms with E-state index >= 15 is 0 Å². The Labute approximate surface area is 179 Å². The lowest BCUT2D eigenvalue weighted by molar-refractivity contribution is 0.343. The maximum absolute atomic E-state index is 10.8. The third-order valence-electron chi connectivity index (χ3n) is 5.64. The third kappa shape index (κ3) is 3.57. The molecule has 31 heavy (non-hydrogen) atoms. The van der Waals surface area contributed by atoms with Crippen molar-refractivity contribution < 1.29 is 14.6 Å². The molecule has 0 amide bonds. The predicted octanol–water partition coefficient (Wildman–Crippen LogP) is 2.76. The van der Waals surface area contributed by atoms with Gasteiger partial charge in [0, 0.05) is 30.2 Å². The fraction of sp³-hybridized carbons (Fsp3) is 0.318. The van der Waals surface area contributed by atoms with Crippen LogP contribution < -0.4 is 14.8 Å². The van der Waals surface area contributed by atoms with Crippen LogP contribution in [0.15, 0.2) is 43.0 Å². The molecule has 0 saturated carbocycles. The molecule has 0 radical (unpaired) electrons. The van der Waals surface area contributed by atoms with E-state index in [1.807, 2.05) is 35.3 Å². The Morgan fingerprint density at radius 2 is 2.10 bits per heavy atom. The van der Waals surface area contributed by atoms with Crippen LogP contribution in [0.2, 0.25) is 0 Å². The smallest absolute Gasteiger partial charge is 0.256 e. The second-order valence-corrected chi connectivity index (χ2v) is 7.60. The Hall–Kier alpha value is -3.59. The summed E-state index contributed by atoms with van der Waals surface area (Å²) in [5.74, 6) is 1.09. The lowest BCUT2D eigenvalue weighted by atomic mass is 10.1. The van der Waals surface area contributed by atoms with Gasteiger partial charge in [-0.2, -0.15) is 5.10 Å². The van der Waals surface area contributed by atoms with Crippen LogP contribution in [0.4, 0.5) is 0 Å². The molecule has 2 N–H and O–H groups in total. The van der Waals surface area contributed by atoms with Gasteiger partial charge in [0.1, 0.15) is 0 Å². The number of nitrogens with zero attached hydrogens (tertiary/aromatic N) is 5. The van der Waals surface area contributed by atoms with Crippen LogP contribution in [0.1, 0.15) is 12.8 Å². The van der Waals surface area contributed by atoms with Gasteiger partial charge in [0.25, 0.3) is 5.88 Å². The lowest BCUT2D eigenvalue weighted by Crippen LogP contribution is -2.26. The van der Waals surface area contributed by atoms with Crippen molar-refractivity contribution in [1.82, 2.24) is 29.6 Å². The molecule has 1 aliphatic heterocycles. The van der Waals surface area contributed by atoms with Gasteiger partial charge in [-0.05, 0) is 37.6 Å². The van der Waals surface area contributed by atoms with Crippen molar-refractivity contribution in [1.29, 1.82) is 0 Å². The Morgan fingerprint density at radius 3 is 2.87 bits per heavy atom. The van der Waals surface area contributed by atoms with Crippen molar-refractivity contribution in [2.45, 2.75) is 25.4 Å². The van der Waals surface area contributed by atoms with E-state index in [0.29, 0.717) is 28.6 Å². The van der Waals surface area contributed by atoms with Gasteiger partial charge in [0.2, 0.25) is 5.88 Å². The minimum absolute atomic E-state index is 0.137. The van der Waals surface area contributed by atoms with E-state index in [-0.39, 0.29) is 5.88 Å². The van der Waals surface area contributed by atoms with Gasteiger partial charge in [-0.3, -0.25) is 9.25 Å². The molecule has 160 valence electrons. The van der Waals surface area contributed by atoms with E-state index in [1.54, 1.807) is 31.2 Å². The average molecular weight is 420 g/mol. The molecule has 9 nitrogen and oxygen atoms in total. The van der Waals surface area contributed by atoms with Crippen molar-refractivity contribution in [3.05, 3.63) is 43.0 Å². The zero-order valence-corrected chi connectivity index (χ0v) is 17.4. The summed E-state index contributed by atoms with van der Waals surface area (Å²) in [4.78, 5) is 9.00. The van der Waals surface area contributed by atoms with Crippen LogP contribution in [0.25, 0.3) is 27.8 Å². The van der Waals surface area contributed by atoms with Gasteiger partial charge in [0.15, 0.2) is 5.75 Å². The average Bonchev–Trinajstić information content (AvgIpc) is 3.54. The normalized spacial score (nSPS) is 16.1. The summed E-state index contributed by atoms with van der Waals surface area (Å²) in [7, 11) is 3.12. The highest BCUT2D eigenvalue weighted by atomic mass is 16.5. The number of rotatable bonds is 6. The fourth-order valence-corrected chi connectivity index (χ4v) is 4.02. The van der Waals surface area contributed by atoms with Crippen LogP contribution in [0.5, 0.6) is 17.5 Å². The van der Waals surface area contributed by atoms with Crippen molar-refractivity contribution in [3.63, 3.8) is 0 Å². The summed E-state index contributed by atoms with van der Waals surface area (Å²) >= 11 is 0. The molecular formula is C22H24N6O3. The van der Waals surface area contributed by atoms with Crippen molar-refractivity contribution in [2.24, 2.45) is 0 Å². The van der Waals surface area contributed by atoms with E-state index in [4.69, 9.17) is 14.5 Å².